The van der Waals surface area contributed by atoms with E-state index < -0.39 is 0 Å². The molecule has 0 atom stereocenters. The van der Waals surface area contributed by atoms with Crippen LogP contribution < -0.4 is 4.74 Å². The van der Waals surface area contributed by atoms with Crippen molar-refractivity contribution in [2.24, 2.45) is 0 Å². The minimum Gasteiger partial charge on any atom is -0.489 e. The van der Waals surface area contributed by atoms with Gasteiger partial charge in [0.05, 0.1) is 12.2 Å². The van der Waals surface area contributed by atoms with E-state index in [-0.39, 0.29) is 0 Å². The van der Waals surface area contributed by atoms with Gasteiger partial charge in [-0.25, -0.2) is 0 Å². The molecule has 0 radical (unpaired) electrons. The smallest absolute Gasteiger partial charge is 0.145 e. The lowest BCUT2D eigenvalue weighted by Gasteiger charge is -2.17. The van der Waals surface area contributed by atoms with E-state index in [1.807, 2.05) is 0 Å². The normalized spacial score (nSPS) is 14.5. The zero-order valence-electron chi connectivity index (χ0n) is 9.95. The second-order valence-corrected chi connectivity index (χ2v) is 4.69. The molecule has 3 heteroatoms. The van der Waals surface area contributed by atoms with Gasteiger partial charge in [0, 0.05) is 5.39 Å². The molecule has 1 aliphatic heterocycles. The topological polar surface area (TPSA) is 27.1 Å². The molecule has 3 rings (SSSR count). The SMILES string of the molecule is Cc1nn2c3c(ccc(C(C)C)c13)OCC2. The van der Waals surface area contributed by atoms with Crippen LogP contribution in [0.5, 0.6) is 5.75 Å². The van der Waals surface area contributed by atoms with Crippen LogP contribution in [-0.2, 0) is 6.54 Å². The predicted molar refractivity (Wildman–Crippen MR) is 64.1 cm³/mol. The van der Waals surface area contributed by atoms with E-state index in [4.69, 9.17) is 4.74 Å². The van der Waals surface area contributed by atoms with Crippen molar-refractivity contribution in [1.29, 1.82) is 0 Å². The van der Waals surface area contributed by atoms with E-state index in [1.54, 1.807) is 0 Å². The van der Waals surface area contributed by atoms with Crippen molar-refractivity contribution in [1.82, 2.24) is 9.78 Å². The Morgan fingerprint density at radius 3 is 2.94 bits per heavy atom. The Balaban J connectivity index is 2.42. The quantitative estimate of drug-likeness (QED) is 0.733. The number of ether oxygens (including phenoxy) is 1. The van der Waals surface area contributed by atoms with Crippen molar-refractivity contribution in [3.63, 3.8) is 0 Å². The summed E-state index contributed by atoms with van der Waals surface area (Å²) in [7, 11) is 0. The number of nitrogens with zero attached hydrogens (tertiary/aromatic N) is 2. The van der Waals surface area contributed by atoms with Crippen LogP contribution in [0.2, 0.25) is 0 Å². The van der Waals surface area contributed by atoms with Gasteiger partial charge in [0.15, 0.2) is 0 Å². The lowest BCUT2D eigenvalue weighted by molar-refractivity contribution is 0.278. The molecule has 0 N–H and O–H groups in total. The molecule has 0 saturated heterocycles. The second kappa shape index (κ2) is 3.24. The van der Waals surface area contributed by atoms with Gasteiger partial charge >= 0.3 is 0 Å². The maximum atomic E-state index is 5.68. The third kappa shape index (κ3) is 1.17. The molecule has 0 amide bonds. The van der Waals surface area contributed by atoms with Gasteiger partial charge in [-0.15, -0.1) is 0 Å². The molecule has 1 aromatic carbocycles. The summed E-state index contributed by atoms with van der Waals surface area (Å²) >= 11 is 0. The molecule has 84 valence electrons. The maximum Gasteiger partial charge on any atom is 0.145 e. The molecule has 0 saturated carbocycles. The van der Waals surface area contributed by atoms with E-state index >= 15 is 0 Å². The highest BCUT2D eigenvalue weighted by Crippen LogP contribution is 2.35. The van der Waals surface area contributed by atoms with Crippen LogP contribution in [0.15, 0.2) is 12.1 Å². The summed E-state index contributed by atoms with van der Waals surface area (Å²) in [4.78, 5) is 0. The van der Waals surface area contributed by atoms with Gasteiger partial charge in [0.2, 0.25) is 0 Å². The second-order valence-electron chi connectivity index (χ2n) is 4.69. The summed E-state index contributed by atoms with van der Waals surface area (Å²) in [5.74, 6) is 1.50. The zero-order valence-corrected chi connectivity index (χ0v) is 9.95. The molecule has 1 aliphatic rings. The summed E-state index contributed by atoms with van der Waals surface area (Å²) in [5, 5.41) is 5.88. The highest BCUT2D eigenvalue weighted by atomic mass is 16.5. The Morgan fingerprint density at radius 1 is 1.38 bits per heavy atom. The number of benzene rings is 1. The predicted octanol–water partition coefficient (Wildman–Crippen LogP) is 2.86. The van der Waals surface area contributed by atoms with Gasteiger partial charge in [-0.05, 0) is 24.5 Å². The summed E-state index contributed by atoms with van der Waals surface area (Å²) in [6.45, 7) is 8.11. The molecular weight excluding hydrogens is 200 g/mol. The first kappa shape index (κ1) is 9.70. The Hall–Kier alpha value is -1.51. The number of hydrogen-bond donors (Lipinski definition) is 0. The Bertz CT molecular complexity index is 555. The van der Waals surface area contributed by atoms with E-state index in [9.17, 15) is 0 Å². The van der Waals surface area contributed by atoms with Gasteiger partial charge in [-0.2, -0.15) is 5.10 Å². The highest BCUT2D eigenvalue weighted by molar-refractivity contribution is 5.91. The van der Waals surface area contributed by atoms with Gasteiger partial charge in [-0.3, -0.25) is 4.68 Å². The van der Waals surface area contributed by atoms with Crippen molar-refractivity contribution in [2.45, 2.75) is 33.2 Å². The first-order valence-electron chi connectivity index (χ1n) is 5.81. The van der Waals surface area contributed by atoms with Gasteiger partial charge in [0.25, 0.3) is 0 Å². The fourth-order valence-corrected chi connectivity index (χ4v) is 2.51. The first-order valence-corrected chi connectivity index (χ1v) is 5.81. The average molecular weight is 216 g/mol. The van der Waals surface area contributed by atoms with Crippen LogP contribution in [0, 0.1) is 6.92 Å². The van der Waals surface area contributed by atoms with Crippen LogP contribution in [0.3, 0.4) is 0 Å². The monoisotopic (exact) mass is 216 g/mol. The molecule has 0 unspecified atom stereocenters. The lowest BCUT2D eigenvalue weighted by atomic mass is 9.97. The van der Waals surface area contributed by atoms with E-state index in [1.165, 1.54) is 16.5 Å². The van der Waals surface area contributed by atoms with Crippen LogP contribution in [-0.4, -0.2) is 16.4 Å². The van der Waals surface area contributed by atoms with Crippen LogP contribution in [0.1, 0.15) is 31.0 Å². The van der Waals surface area contributed by atoms with Crippen LogP contribution in [0.25, 0.3) is 10.9 Å². The first-order chi connectivity index (χ1) is 7.68. The molecule has 0 bridgehead atoms. The fraction of sp³-hybridized carbons (Fsp3) is 0.462. The van der Waals surface area contributed by atoms with Gasteiger partial charge in [-0.1, -0.05) is 19.9 Å². The third-order valence-corrected chi connectivity index (χ3v) is 3.25. The minimum atomic E-state index is 0.521. The maximum absolute atomic E-state index is 5.68. The molecule has 2 aromatic rings. The summed E-state index contributed by atoms with van der Waals surface area (Å²) in [6.07, 6.45) is 0. The standard InChI is InChI=1S/C13H16N2O/c1-8(2)10-4-5-11-13-12(10)9(3)14-15(13)6-7-16-11/h4-5,8H,6-7H2,1-3H3. The Morgan fingerprint density at radius 2 is 2.19 bits per heavy atom. The average Bonchev–Trinajstić information content (AvgIpc) is 2.59. The van der Waals surface area contributed by atoms with Gasteiger partial charge in [0.1, 0.15) is 17.9 Å². The number of aryl methyl sites for hydroxylation is 1. The zero-order chi connectivity index (χ0) is 11.3. The lowest BCUT2D eigenvalue weighted by Crippen LogP contribution is -2.15. The van der Waals surface area contributed by atoms with Crippen molar-refractivity contribution < 1.29 is 4.74 Å². The third-order valence-electron chi connectivity index (χ3n) is 3.25. The van der Waals surface area contributed by atoms with Crippen molar-refractivity contribution in [2.75, 3.05) is 6.61 Å². The molecule has 0 aliphatic carbocycles. The summed E-state index contributed by atoms with van der Waals surface area (Å²) in [5.41, 5.74) is 3.66. The van der Waals surface area contributed by atoms with Crippen molar-refractivity contribution in [3.05, 3.63) is 23.4 Å². The van der Waals surface area contributed by atoms with E-state index in [2.05, 4.69) is 42.7 Å². The molecule has 3 nitrogen and oxygen atoms in total. The van der Waals surface area contributed by atoms with E-state index in [0.717, 1.165) is 24.6 Å². The fourth-order valence-electron chi connectivity index (χ4n) is 2.51. The minimum absolute atomic E-state index is 0.521. The number of hydrogen-bond acceptors (Lipinski definition) is 2. The number of aromatic nitrogens is 2. The van der Waals surface area contributed by atoms with E-state index in [0.29, 0.717) is 5.92 Å². The molecule has 1 aromatic heterocycles. The van der Waals surface area contributed by atoms with Gasteiger partial charge < -0.3 is 4.74 Å². The molecule has 2 heterocycles. The molecule has 0 fully saturated rings. The molecule has 16 heavy (non-hydrogen) atoms. The van der Waals surface area contributed by atoms with Crippen molar-refractivity contribution >= 4 is 10.9 Å². The molecular formula is C13H16N2O. The largest absolute Gasteiger partial charge is 0.489 e. The summed E-state index contributed by atoms with van der Waals surface area (Å²) < 4.78 is 7.76. The Kier molecular flexibility index (Phi) is 1.96. The Labute approximate surface area is 95.0 Å². The van der Waals surface area contributed by atoms with Crippen molar-refractivity contribution in [3.8, 4) is 5.75 Å². The number of rotatable bonds is 1. The van der Waals surface area contributed by atoms with Crippen LogP contribution in [0.4, 0.5) is 0 Å². The van der Waals surface area contributed by atoms with Crippen LogP contribution >= 0.6 is 0 Å². The highest BCUT2D eigenvalue weighted by Gasteiger charge is 2.20. The summed E-state index contributed by atoms with van der Waals surface area (Å²) in [6, 6.07) is 4.25. The molecule has 0 spiro atoms.